The highest BCUT2D eigenvalue weighted by Gasteiger charge is 2.75. The van der Waals surface area contributed by atoms with Crippen molar-refractivity contribution in [2.45, 2.75) is 124 Å². The van der Waals surface area contributed by atoms with Crippen LogP contribution in [0.1, 0.15) is 99.8 Å². The normalized spacial score (nSPS) is 39.7. The predicted molar refractivity (Wildman–Crippen MR) is 172 cm³/mol. The molecule has 5 aliphatic carbocycles. The predicted octanol–water partition coefficient (Wildman–Crippen LogP) is 5.31. The van der Waals surface area contributed by atoms with Crippen LogP contribution in [0.5, 0.6) is 0 Å². The minimum absolute atomic E-state index is 0.0197. The van der Waals surface area contributed by atoms with E-state index in [9.17, 15) is 32.8 Å². The molecule has 10 nitrogen and oxygen atoms in total. The fraction of sp³-hybridized carbons (Fsp3) is 0.829. The SMILES string of the molecule is CC(C)C(C)C=CC(C)C1CCC2=C3C(O)C4CC45CC(OC(=O)C(N)C(OS(=O)(=O)O)C(C)C)CCC5(C)C3CCC21C(=O)O. The van der Waals surface area contributed by atoms with Crippen LogP contribution in [-0.2, 0) is 28.9 Å². The number of esters is 1. The molecule has 5 rings (SSSR count). The number of rotatable bonds is 11. The van der Waals surface area contributed by atoms with Crippen molar-refractivity contribution in [2.75, 3.05) is 0 Å². The Kier molecular flexibility index (Phi) is 9.47. The Morgan fingerprint density at radius 2 is 1.67 bits per heavy atom. The van der Waals surface area contributed by atoms with Gasteiger partial charge >= 0.3 is 22.3 Å². The van der Waals surface area contributed by atoms with Crippen LogP contribution in [-0.4, -0.2) is 59.5 Å². The van der Waals surface area contributed by atoms with Gasteiger partial charge in [0.2, 0.25) is 0 Å². The van der Waals surface area contributed by atoms with E-state index < -0.39 is 58.0 Å². The van der Waals surface area contributed by atoms with Crippen molar-refractivity contribution in [3.63, 3.8) is 0 Å². The molecule has 5 N–H and O–H groups in total. The monoisotopic (exact) mass is 665 g/mol. The van der Waals surface area contributed by atoms with Gasteiger partial charge in [0.25, 0.3) is 0 Å². The highest BCUT2D eigenvalue weighted by molar-refractivity contribution is 7.80. The van der Waals surface area contributed by atoms with Crippen LogP contribution in [0.3, 0.4) is 0 Å². The van der Waals surface area contributed by atoms with Crippen molar-refractivity contribution in [1.29, 1.82) is 0 Å². The first-order chi connectivity index (χ1) is 21.3. The largest absolute Gasteiger partial charge is 0.481 e. The summed E-state index contributed by atoms with van der Waals surface area (Å²) in [6.45, 7) is 14.3. The lowest BCUT2D eigenvalue weighted by atomic mass is 9.47. The molecule has 260 valence electrons. The fourth-order valence-electron chi connectivity index (χ4n) is 10.4. The third-order valence-electron chi connectivity index (χ3n) is 13.3. The summed E-state index contributed by atoms with van der Waals surface area (Å²) in [5.41, 5.74) is 6.70. The molecule has 12 atom stereocenters. The summed E-state index contributed by atoms with van der Waals surface area (Å²) < 4.78 is 42.5. The summed E-state index contributed by atoms with van der Waals surface area (Å²) in [6.07, 6.45) is 7.49. The number of aliphatic carboxylic acids is 1. The van der Waals surface area contributed by atoms with E-state index in [1.807, 2.05) is 0 Å². The van der Waals surface area contributed by atoms with E-state index in [-0.39, 0.29) is 34.5 Å². The van der Waals surface area contributed by atoms with Gasteiger partial charge in [-0.05, 0) is 109 Å². The average molecular weight is 666 g/mol. The van der Waals surface area contributed by atoms with Gasteiger partial charge in [-0.25, -0.2) is 4.18 Å². The van der Waals surface area contributed by atoms with Crippen LogP contribution >= 0.6 is 0 Å². The molecule has 0 saturated heterocycles. The number of aliphatic hydroxyl groups excluding tert-OH is 1. The molecule has 0 heterocycles. The number of hydrogen-bond donors (Lipinski definition) is 4. The van der Waals surface area contributed by atoms with Gasteiger partial charge < -0.3 is 20.7 Å². The summed E-state index contributed by atoms with van der Waals surface area (Å²) in [5.74, 6) is -0.977. The Morgan fingerprint density at radius 1 is 1.00 bits per heavy atom. The molecular weight excluding hydrogens is 610 g/mol. The van der Waals surface area contributed by atoms with Crippen molar-refractivity contribution in [3.8, 4) is 0 Å². The van der Waals surface area contributed by atoms with Crippen LogP contribution in [0.2, 0.25) is 0 Å². The van der Waals surface area contributed by atoms with Crippen LogP contribution in [0, 0.1) is 57.7 Å². The topological polar surface area (TPSA) is 173 Å². The third kappa shape index (κ3) is 5.69. The van der Waals surface area contributed by atoms with Crippen molar-refractivity contribution in [1.82, 2.24) is 0 Å². The molecule has 0 aromatic carbocycles. The molecule has 1 spiro atoms. The summed E-state index contributed by atoms with van der Waals surface area (Å²) in [5, 5.41) is 22.9. The van der Waals surface area contributed by atoms with Gasteiger partial charge in [-0.2, -0.15) is 8.42 Å². The number of ether oxygens (including phenoxy) is 1. The van der Waals surface area contributed by atoms with Gasteiger partial charge in [0.05, 0.1) is 11.5 Å². The Balaban J connectivity index is 1.38. The number of fused-ring (bicyclic) bond motifs is 3. The molecule has 4 fully saturated rings. The number of nitrogens with two attached hydrogens (primary N) is 1. The number of aliphatic hydroxyl groups is 1. The first-order valence-corrected chi connectivity index (χ1v) is 18.6. The first-order valence-electron chi connectivity index (χ1n) is 17.3. The van der Waals surface area contributed by atoms with Crippen LogP contribution in [0.15, 0.2) is 23.3 Å². The molecule has 0 aromatic rings. The van der Waals surface area contributed by atoms with Crippen LogP contribution in [0.25, 0.3) is 0 Å². The molecule has 5 aliphatic rings. The van der Waals surface area contributed by atoms with E-state index in [1.54, 1.807) is 13.8 Å². The molecule has 0 aromatic heterocycles. The molecular formula is C35H55NO9S. The Bertz CT molecular complexity index is 1390. The molecule has 0 bridgehead atoms. The summed E-state index contributed by atoms with van der Waals surface area (Å²) in [4.78, 5) is 26.4. The quantitative estimate of drug-likeness (QED) is 0.129. The van der Waals surface area contributed by atoms with Gasteiger partial charge in [-0.1, -0.05) is 66.2 Å². The van der Waals surface area contributed by atoms with Gasteiger partial charge in [0, 0.05) is 0 Å². The lowest BCUT2D eigenvalue weighted by molar-refractivity contribution is -0.162. The molecule has 0 radical (unpaired) electrons. The molecule has 4 saturated carbocycles. The van der Waals surface area contributed by atoms with Gasteiger partial charge in [-0.15, -0.1) is 0 Å². The van der Waals surface area contributed by atoms with Crippen LogP contribution < -0.4 is 5.73 Å². The number of carbonyl (C=O) groups excluding carboxylic acids is 1. The lowest BCUT2D eigenvalue weighted by Gasteiger charge is -2.58. The average Bonchev–Trinajstić information content (AvgIpc) is 3.56. The zero-order chi connectivity index (χ0) is 34.1. The Hall–Kier alpha value is -1.79. The van der Waals surface area contributed by atoms with Gasteiger partial charge in [0.1, 0.15) is 18.2 Å². The number of carboxylic acid groups (broad SMARTS) is 1. The minimum atomic E-state index is -4.82. The number of allylic oxidation sites excluding steroid dienone is 2. The van der Waals surface area contributed by atoms with E-state index in [2.05, 4.69) is 46.8 Å². The van der Waals surface area contributed by atoms with Crippen molar-refractivity contribution in [2.24, 2.45) is 63.4 Å². The highest BCUT2D eigenvalue weighted by atomic mass is 32.3. The molecule has 0 amide bonds. The second-order valence-corrected chi connectivity index (χ2v) is 17.2. The highest BCUT2D eigenvalue weighted by Crippen LogP contribution is 2.79. The standard InChI is InChI=1S/C35H55NO9S/c1-18(2)20(5)8-9-21(6)23-10-11-25-27-24(13-15-35(23,25)32(39)40)33(7)14-12-22(16-34(33)17-26(34)29(27)37)44-31(38)28(36)30(19(3)4)45-46(41,42)43/h8-9,18-24,26,28-30,37H,10-17,36H2,1-7H3,(H,39,40)(H,41,42,43). The first kappa shape index (κ1) is 35.5. The van der Waals surface area contributed by atoms with Crippen molar-refractivity contribution in [3.05, 3.63) is 23.3 Å². The lowest BCUT2D eigenvalue weighted by Crippen LogP contribution is -2.55. The van der Waals surface area contributed by atoms with Gasteiger partial charge in [-0.3, -0.25) is 14.1 Å². The Labute approximate surface area is 274 Å². The second kappa shape index (κ2) is 12.3. The van der Waals surface area contributed by atoms with E-state index >= 15 is 0 Å². The number of hydrogen-bond acceptors (Lipinski definition) is 8. The maximum atomic E-state index is 13.3. The van der Waals surface area contributed by atoms with Crippen LogP contribution in [0.4, 0.5) is 0 Å². The van der Waals surface area contributed by atoms with Crippen molar-refractivity contribution >= 4 is 22.3 Å². The number of carbonyl (C=O) groups is 2. The zero-order valence-electron chi connectivity index (χ0n) is 28.4. The maximum absolute atomic E-state index is 13.3. The third-order valence-corrected chi connectivity index (χ3v) is 13.8. The molecule has 12 unspecified atom stereocenters. The molecule has 46 heavy (non-hydrogen) atoms. The smallest absolute Gasteiger partial charge is 0.397 e. The molecule has 0 aliphatic heterocycles. The van der Waals surface area contributed by atoms with E-state index in [0.717, 1.165) is 30.4 Å². The van der Waals surface area contributed by atoms with Gasteiger partial charge in [0.15, 0.2) is 0 Å². The minimum Gasteiger partial charge on any atom is -0.481 e. The summed E-state index contributed by atoms with van der Waals surface area (Å²) in [7, 11) is -4.82. The van der Waals surface area contributed by atoms with E-state index in [1.165, 1.54) is 0 Å². The summed E-state index contributed by atoms with van der Waals surface area (Å²) >= 11 is 0. The van der Waals surface area contributed by atoms with E-state index in [4.69, 9.17) is 14.7 Å². The fourth-order valence-corrected chi connectivity index (χ4v) is 11.0. The zero-order valence-corrected chi connectivity index (χ0v) is 29.3. The number of carboxylic acids is 1. The molecule has 11 heteroatoms. The van der Waals surface area contributed by atoms with Crippen molar-refractivity contribution < 1.29 is 41.7 Å². The van der Waals surface area contributed by atoms with E-state index in [0.29, 0.717) is 43.9 Å². The second-order valence-electron chi connectivity index (χ2n) is 16.2. The Morgan fingerprint density at radius 3 is 2.26 bits per heavy atom. The summed E-state index contributed by atoms with van der Waals surface area (Å²) in [6, 6.07) is -1.40. The maximum Gasteiger partial charge on any atom is 0.397 e.